The number of carboxylic acid groups (broad SMARTS) is 1. The average molecular weight is 327 g/mol. The molecule has 8 nitrogen and oxygen atoms in total. The van der Waals surface area contributed by atoms with Crippen molar-refractivity contribution in [3.8, 4) is 0 Å². The first-order valence-electron chi connectivity index (χ1n) is 5.94. The number of aromatic amines is 1. The lowest BCUT2D eigenvalue weighted by Crippen LogP contribution is -2.15. The third kappa shape index (κ3) is 4.26. The summed E-state index contributed by atoms with van der Waals surface area (Å²) in [7, 11) is 0. The first-order valence-corrected chi connectivity index (χ1v) is 7.74. The fourth-order valence-corrected chi connectivity index (χ4v) is 3.09. The summed E-state index contributed by atoms with van der Waals surface area (Å²) in [4.78, 5) is 22.4. The van der Waals surface area contributed by atoms with Crippen molar-refractivity contribution in [2.45, 2.75) is 24.6 Å². The molecule has 3 N–H and O–H groups in total. The number of rotatable bonds is 6. The highest BCUT2D eigenvalue weighted by molar-refractivity contribution is 8.01. The van der Waals surface area contributed by atoms with Crippen LogP contribution in [0.1, 0.15) is 17.0 Å². The van der Waals surface area contributed by atoms with E-state index in [-0.39, 0.29) is 18.1 Å². The Kier molecular flexibility index (Phi) is 4.91. The molecule has 2 heterocycles. The van der Waals surface area contributed by atoms with E-state index in [0.29, 0.717) is 9.47 Å². The highest BCUT2D eigenvalue weighted by Crippen LogP contribution is 2.25. The van der Waals surface area contributed by atoms with E-state index < -0.39 is 5.97 Å². The van der Waals surface area contributed by atoms with Gasteiger partial charge in [-0.25, -0.2) is 0 Å². The summed E-state index contributed by atoms with van der Waals surface area (Å²) >= 11 is 2.21. The first-order chi connectivity index (χ1) is 9.95. The normalized spacial score (nSPS) is 10.6. The van der Waals surface area contributed by atoms with Gasteiger partial charge in [0.05, 0.1) is 17.9 Å². The van der Waals surface area contributed by atoms with Crippen LogP contribution in [0.5, 0.6) is 0 Å². The second kappa shape index (κ2) is 6.68. The quantitative estimate of drug-likeness (QED) is 0.539. The Bertz CT molecular complexity index is 647. The van der Waals surface area contributed by atoms with E-state index in [9.17, 15) is 9.59 Å². The number of H-pyrrole nitrogens is 1. The third-order valence-electron chi connectivity index (χ3n) is 2.59. The van der Waals surface area contributed by atoms with Crippen molar-refractivity contribution >= 4 is 40.1 Å². The van der Waals surface area contributed by atoms with E-state index in [0.717, 1.165) is 40.0 Å². The monoisotopic (exact) mass is 327 g/mol. The smallest absolute Gasteiger partial charge is 0.313 e. The van der Waals surface area contributed by atoms with Crippen LogP contribution in [0.25, 0.3) is 0 Å². The summed E-state index contributed by atoms with van der Waals surface area (Å²) < 4.78 is 0.503. The highest BCUT2D eigenvalue weighted by Gasteiger charge is 2.14. The number of thioether (sulfide) groups is 1. The van der Waals surface area contributed by atoms with Gasteiger partial charge in [0.2, 0.25) is 11.0 Å². The lowest BCUT2D eigenvalue weighted by atomic mass is 10.1. The SMILES string of the molecule is Cc1n[nH]c(C)c1CC(=O)Nc1nnc(SCC(=O)O)s1. The molecule has 2 aromatic rings. The minimum atomic E-state index is -0.924. The van der Waals surface area contributed by atoms with Gasteiger partial charge in [0.1, 0.15) is 0 Å². The Morgan fingerprint density at radius 1 is 1.38 bits per heavy atom. The maximum Gasteiger partial charge on any atom is 0.313 e. The zero-order valence-electron chi connectivity index (χ0n) is 11.3. The van der Waals surface area contributed by atoms with E-state index in [4.69, 9.17) is 5.11 Å². The minimum Gasteiger partial charge on any atom is -0.481 e. The number of aryl methyl sites for hydroxylation is 2. The number of hydrogen-bond acceptors (Lipinski definition) is 7. The minimum absolute atomic E-state index is 0.0873. The second-order valence-corrected chi connectivity index (χ2v) is 6.39. The molecule has 0 spiro atoms. The zero-order chi connectivity index (χ0) is 15.4. The van der Waals surface area contributed by atoms with Gasteiger partial charge in [0.15, 0.2) is 4.34 Å². The van der Waals surface area contributed by atoms with Crippen molar-refractivity contribution in [2.75, 3.05) is 11.1 Å². The summed E-state index contributed by atoms with van der Waals surface area (Å²) in [5, 5.41) is 26.1. The fraction of sp³-hybridized carbons (Fsp3) is 0.364. The number of nitrogens with one attached hydrogen (secondary N) is 2. The summed E-state index contributed by atoms with van der Waals surface area (Å²) in [6.07, 6.45) is 0.200. The van der Waals surface area contributed by atoms with E-state index in [1.807, 2.05) is 13.8 Å². The summed E-state index contributed by atoms with van der Waals surface area (Å²) in [6.45, 7) is 3.69. The maximum absolute atomic E-state index is 11.9. The molecular weight excluding hydrogens is 314 g/mol. The molecule has 0 fully saturated rings. The average Bonchev–Trinajstić information content (AvgIpc) is 2.98. The topological polar surface area (TPSA) is 121 Å². The van der Waals surface area contributed by atoms with Crippen LogP contribution in [0.4, 0.5) is 5.13 Å². The molecule has 0 unspecified atom stereocenters. The van der Waals surface area contributed by atoms with Gasteiger partial charge in [-0.2, -0.15) is 5.10 Å². The van der Waals surface area contributed by atoms with Crippen molar-refractivity contribution in [1.82, 2.24) is 20.4 Å². The maximum atomic E-state index is 11.9. The number of aliphatic carboxylic acids is 1. The second-order valence-electron chi connectivity index (χ2n) is 4.19. The first kappa shape index (κ1) is 15.4. The molecule has 0 aliphatic heterocycles. The van der Waals surface area contributed by atoms with Crippen LogP contribution < -0.4 is 5.32 Å². The molecular formula is C11H13N5O3S2. The zero-order valence-corrected chi connectivity index (χ0v) is 13.0. The summed E-state index contributed by atoms with van der Waals surface area (Å²) in [5.74, 6) is -1.23. The highest BCUT2D eigenvalue weighted by atomic mass is 32.2. The molecule has 0 aromatic carbocycles. The molecule has 21 heavy (non-hydrogen) atoms. The molecule has 2 rings (SSSR count). The largest absolute Gasteiger partial charge is 0.481 e. The molecule has 10 heteroatoms. The molecule has 2 aromatic heterocycles. The van der Waals surface area contributed by atoms with Crippen molar-refractivity contribution in [3.63, 3.8) is 0 Å². The number of aromatic nitrogens is 4. The van der Waals surface area contributed by atoms with Crippen LogP contribution in [0.3, 0.4) is 0 Å². The fourth-order valence-electron chi connectivity index (χ4n) is 1.60. The Hall–Kier alpha value is -1.94. The van der Waals surface area contributed by atoms with Gasteiger partial charge in [0.25, 0.3) is 0 Å². The third-order valence-corrected chi connectivity index (χ3v) is 4.55. The molecule has 112 valence electrons. The Balaban J connectivity index is 1.92. The van der Waals surface area contributed by atoms with Crippen molar-refractivity contribution < 1.29 is 14.7 Å². The Morgan fingerprint density at radius 3 is 2.76 bits per heavy atom. The lowest BCUT2D eigenvalue weighted by molar-refractivity contribution is -0.133. The van der Waals surface area contributed by atoms with Crippen LogP contribution in [0.2, 0.25) is 0 Å². The van der Waals surface area contributed by atoms with Gasteiger partial charge >= 0.3 is 5.97 Å². The van der Waals surface area contributed by atoms with Crippen LogP contribution in [0, 0.1) is 13.8 Å². The van der Waals surface area contributed by atoms with Gasteiger partial charge in [-0.3, -0.25) is 14.7 Å². The number of anilines is 1. The van der Waals surface area contributed by atoms with E-state index in [2.05, 4.69) is 25.7 Å². The molecule has 1 amide bonds. The van der Waals surface area contributed by atoms with Gasteiger partial charge in [-0.15, -0.1) is 10.2 Å². The van der Waals surface area contributed by atoms with Gasteiger partial charge in [-0.05, 0) is 13.8 Å². The number of amides is 1. The van der Waals surface area contributed by atoms with Gasteiger partial charge in [0, 0.05) is 11.3 Å². The number of carboxylic acids is 1. The molecule has 0 saturated carbocycles. The van der Waals surface area contributed by atoms with Gasteiger partial charge < -0.3 is 10.4 Å². The predicted octanol–water partition coefficient (Wildman–Crippen LogP) is 1.24. The van der Waals surface area contributed by atoms with Crippen LogP contribution >= 0.6 is 23.1 Å². The van der Waals surface area contributed by atoms with E-state index in [1.54, 1.807) is 0 Å². The molecule has 0 aliphatic carbocycles. The number of hydrogen-bond donors (Lipinski definition) is 3. The van der Waals surface area contributed by atoms with Gasteiger partial charge in [-0.1, -0.05) is 23.1 Å². The van der Waals surface area contributed by atoms with Crippen molar-refractivity contribution in [3.05, 3.63) is 17.0 Å². The Labute approximate surface area is 128 Å². The number of carbonyl (C=O) groups is 2. The summed E-state index contributed by atoms with van der Waals surface area (Å²) in [5.41, 5.74) is 2.51. The molecule has 0 radical (unpaired) electrons. The predicted molar refractivity (Wildman–Crippen MR) is 78.7 cm³/mol. The van der Waals surface area contributed by atoms with Crippen LogP contribution in [-0.2, 0) is 16.0 Å². The number of carbonyl (C=O) groups excluding carboxylic acids is 1. The lowest BCUT2D eigenvalue weighted by Gasteiger charge is -2.01. The standard InChI is InChI=1S/C11H13N5O3S2/c1-5-7(6(2)14-13-5)3-8(17)12-10-15-16-11(21-10)20-4-9(18)19/h3-4H2,1-2H3,(H,13,14)(H,18,19)(H,12,15,17). The van der Waals surface area contributed by atoms with Crippen molar-refractivity contribution in [1.29, 1.82) is 0 Å². The van der Waals surface area contributed by atoms with E-state index >= 15 is 0 Å². The van der Waals surface area contributed by atoms with E-state index in [1.165, 1.54) is 0 Å². The molecule has 0 aliphatic rings. The summed E-state index contributed by atoms with van der Waals surface area (Å²) in [6, 6.07) is 0. The molecule has 0 bridgehead atoms. The Morgan fingerprint density at radius 2 is 2.14 bits per heavy atom. The van der Waals surface area contributed by atoms with Crippen LogP contribution in [0.15, 0.2) is 4.34 Å². The molecule has 0 atom stereocenters. The number of nitrogens with zero attached hydrogens (tertiary/aromatic N) is 3. The molecule has 0 saturated heterocycles. The van der Waals surface area contributed by atoms with Crippen molar-refractivity contribution in [2.24, 2.45) is 0 Å². The van der Waals surface area contributed by atoms with Crippen LogP contribution in [-0.4, -0.2) is 43.1 Å².